The van der Waals surface area contributed by atoms with Gasteiger partial charge < -0.3 is 5.32 Å². The largest absolute Gasteiger partial charge is 0.302 e. The maximum absolute atomic E-state index is 13.0. The number of thioether (sulfide) groups is 1. The zero-order chi connectivity index (χ0) is 21.1. The number of nitrogens with zero attached hydrogens (tertiary/aromatic N) is 5. The fourth-order valence-corrected chi connectivity index (χ4v) is 4.96. The second-order valence-electron chi connectivity index (χ2n) is 6.91. The van der Waals surface area contributed by atoms with E-state index in [0.717, 1.165) is 30.5 Å². The number of thiazole rings is 1. The Kier molecular flexibility index (Phi) is 6.14. The summed E-state index contributed by atoms with van der Waals surface area (Å²) in [5, 5.41) is 15.3. The maximum Gasteiger partial charge on any atom is 0.262 e. The van der Waals surface area contributed by atoms with Gasteiger partial charge in [0.1, 0.15) is 0 Å². The SMILES string of the molecule is CCCCCn1c(=O)c2ccccc2n2c(SCc3csc(NC(C)=O)n3)nnc12. The summed E-state index contributed by atoms with van der Waals surface area (Å²) in [5.74, 6) is 1.01. The molecule has 4 aromatic rings. The summed E-state index contributed by atoms with van der Waals surface area (Å²) in [6.45, 7) is 4.22. The Labute approximate surface area is 181 Å². The second-order valence-corrected chi connectivity index (χ2v) is 8.71. The van der Waals surface area contributed by atoms with Crippen LogP contribution in [0.5, 0.6) is 0 Å². The molecule has 8 nitrogen and oxygen atoms in total. The summed E-state index contributed by atoms with van der Waals surface area (Å²) in [6.07, 6.45) is 3.06. The monoisotopic (exact) mass is 442 g/mol. The molecule has 0 atom stereocenters. The van der Waals surface area contributed by atoms with Crippen LogP contribution in [-0.2, 0) is 17.1 Å². The molecule has 3 heterocycles. The van der Waals surface area contributed by atoms with E-state index in [1.807, 2.05) is 34.0 Å². The number of anilines is 1. The molecule has 0 saturated carbocycles. The molecule has 0 unspecified atom stereocenters. The first kappa shape index (κ1) is 20.5. The van der Waals surface area contributed by atoms with E-state index in [1.54, 1.807) is 4.57 Å². The fourth-order valence-electron chi connectivity index (χ4n) is 3.27. The number of amides is 1. The molecule has 1 amide bonds. The summed E-state index contributed by atoms with van der Waals surface area (Å²) in [6, 6.07) is 7.56. The topological polar surface area (TPSA) is 94.2 Å². The lowest BCUT2D eigenvalue weighted by Crippen LogP contribution is -2.23. The van der Waals surface area contributed by atoms with E-state index in [2.05, 4.69) is 27.4 Å². The first-order chi connectivity index (χ1) is 14.6. The van der Waals surface area contributed by atoms with Crippen LogP contribution in [0, 0.1) is 0 Å². The lowest BCUT2D eigenvalue weighted by Gasteiger charge is -2.11. The Morgan fingerprint density at radius 3 is 2.87 bits per heavy atom. The van der Waals surface area contributed by atoms with Crippen molar-refractivity contribution < 1.29 is 4.79 Å². The van der Waals surface area contributed by atoms with Crippen LogP contribution in [0.3, 0.4) is 0 Å². The van der Waals surface area contributed by atoms with Crippen molar-refractivity contribution in [1.82, 2.24) is 24.1 Å². The number of nitrogens with one attached hydrogen (secondary N) is 1. The van der Waals surface area contributed by atoms with Gasteiger partial charge in [-0.25, -0.2) is 4.98 Å². The molecule has 1 aromatic carbocycles. The van der Waals surface area contributed by atoms with Crippen molar-refractivity contribution in [3.63, 3.8) is 0 Å². The van der Waals surface area contributed by atoms with Gasteiger partial charge in [-0.05, 0) is 18.6 Å². The standard InChI is InChI=1S/C20H22N6O2S2/c1-3-4-7-10-25-17(28)15-8-5-6-9-16(15)26-19(25)23-24-20(26)30-12-14-11-29-18(22-14)21-13(2)27/h5-6,8-9,11H,3-4,7,10,12H2,1-2H3,(H,21,22,27). The summed E-state index contributed by atoms with van der Waals surface area (Å²) >= 11 is 2.90. The van der Waals surface area contributed by atoms with Crippen molar-refractivity contribution in [2.75, 3.05) is 5.32 Å². The average molecular weight is 443 g/mol. The lowest BCUT2D eigenvalue weighted by molar-refractivity contribution is -0.114. The van der Waals surface area contributed by atoms with Crippen LogP contribution in [0.1, 0.15) is 38.8 Å². The zero-order valence-corrected chi connectivity index (χ0v) is 18.4. The number of aryl methyl sites for hydroxylation is 1. The number of carbonyl (C=O) groups excluding carboxylic acids is 1. The molecule has 0 saturated heterocycles. The minimum Gasteiger partial charge on any atom is -0.302 e. The van der Waals surface area contributed by atoms with Gasteiger partial charge in [0.05, 0.1) is 16.6 Å². The first-order valence-corrected chi connectivity index (χ1v) is 11.7. The van der Waals surface area contributed by atoms with Gasteiger partial charge in [-0.1, -0.05) is 43.7 Å². The molecule has 0 spiro atoms. The zero-order valence-electron chi connectivity index (χ0n) is 16.8. The maximum atomic E-state index is 13.0. The average Bonchev–Trinajstić information content (AvgIpc) is 3.35. The van der Waals surface area contributed by atoms with Gasteiger partial charge in [0.2, 0.25) is 11.7 Å². The Morgan fingerprint density at radius 1 is 1.23 bits per heavy atom. The molecule has 1 N–H and O–H groups in total. The Bertz CT molecular complexity index is 1260. The highest BCUT2D eigenvalue weighted by Crippen LogP contribution is 2.26. The lowest BCUT2D eigenvalue weighted by atomic mass is 10.2. The predicted molar refractivity (Wildman–Crippen MR) is 120 cm³/mol. The Hall–Kier alpha value is -2.72. The number of rotatable bonds is 8. The van der Waals surface area contributed by atoms with E-state index in [9.17, 15) is 9.59 Å². The number of fused-ring (bicyclic) bond motifs is 3. The van der Waals surface area contributed by atoms with Crippen LogP contribution >= 0.6 is 23.1 Å². The molecular weight excluding hydrogens is 420 g/mol. The Morgan fingerprint density at radius 2 is 2.07 bits per heavy atom. The molecule has 0 bridgehead atoms. The molecule has 0 radical (unpaired) electrons. The minimum atomic E-state index is -0.139. The van der Waals surface area contributed by atoms with E-state index >= 15 is 0 Å². The molecule has 0 aliphatic carbocycles. The van der Waals surface area contributed by atoms with E-state index < -0.39 is 0 Å². The summed E-state index contributed by atoms with van der Waals surface area (Å²) in [7, 11) is 0. The molecule has 0 aliphatic rings. The number of carbonyl (C=O) groups is 1. The van der Waals surface area contributed by atoms with Crippen molar-refractivity contribution in [3.05, 3.63) is 45.7 Å². The van der Waals surface area contributed by atoms with Crippen LogP contribution < -0.4 is 10.9 Å². The van der Waals surface area contributed by atoms with Crippen LogP contribution in [0.25, 0.3) is 16.7 Å². The van der Waals surface area contributed by atoms with E-state index in [-0.39, 0.29) is 11.5 Å². The number of hydrogen-bond donors (Lipinski definition) is 1. The quantitative estimate of drug-likeness (QED) is 0.328. The summed E-state index contributed by atoms with van der Waals surface area (Å²) in [5.41, 5.74) is 1.62. The predicted octanol–water partition coefficient (Wildman–Crippen LogP) is 3.94. The first-order valence-electron chi connectivity index (χ1n) is 9.80. The van der Waals surface area contributed by atoms with Gasteiger partial charge in [0.15, 0.2) is 10.3 Å². The van der Waals surface area contributed by atoms with Gasteiger partial charge >= 0.3 is 0 Å². The third-order valence-electron chi connectivity index (χ3n) is 4.65. The fraction of sp³-hybridized carbons (Fsp3) is 0.350. The number of benzene rings is 1. The van der Waals surface area contributed by atoms with Gasteiger partial charge in [0, 0.05) is 24.6 Å². The van der Waals surface area contributed by atoms with E-state index in [4.69, 9.17) is 0 Å². The minimum absolute atomic E-state index is 0.0300. The van der Waals surface area contributed by atoms with Crippen LogP contribution in [-0.4, -0.2) is 30.1 Å². The third kappa shape index (κ3) is 4.10. The molecule has 30 heavy (non-hydrogen) atoms. The highest BCUT2D eigenvalue weighted by atomic mass is 32.2. The van der Waals surface area contributed by atoms with Crippen LogP contribution in [0.15, 0.2) is 39.6 Å². The van der Waals surface area contributed by atoms with E-state index in [1.165, 1.54) is 30.0 Å². The molecular formula is C20H22N6O2S2. The highest BCUT2D eigenvalue weighted by molar-refractivity contribution is 7.98. The molecule has 4 rings (SSSR count). The number of para-hydroxylation sites is 1. The second kappa shape index (κ2) is 8.97. The van der Waals surface area contributed by atoms with Gasteiger partial charge in [-0.3, -0.25) is 18.6 Å². The third-order valence-corrected chi connectivity index (χ3v) is 6.42. The van der Waals surface area contributed by atoms with Crippen LogP contribution in [0.2, 0.25) is 0 Å². The number of unbranched alkanes of at least 4 members (excludes halogenated alkanes) is 2. The number of aromatic nitrogens is 5. The van der Waals surface area contributed by atoms with Crippen LogP contribution in [0.4, 0.5) is 5.13 Å². The van der Waals surface area contributed by atoms with Crippen molar-refractivity contribution in [2.24, 2.45) is 0 Å². The summed E-state index contributed by atoms with van der Waals surface area (Å²) in [4.78, 5) is 28.7. The highest BCUT2D eigenvalue weighted by Gasteiger charge is 2.17. The van der Waals surface area contributed by atoms with Gasteiger partial charge in [-0.15, -0.1) is 21.5 Å². The van der Waals surface area contributed by atoms with Crippen molar-refractivity contribution in [1.29, 1.82) is 0 Å². The van der Waals surface area contributed by atoms with Crippen molar-refractivity contribution in [3.8, 4) is 0 Å². The molecule has 0 fully saturated rings. The summed E-state index contributed by atoms with van der Waals surface area (Å²) < 4.78 is 3.68. The number of hydrogen-bond acceptors (Lipinski definition) is 7. The van der Waals surface area contributed by atoms with E-state index in [0.29, 0.717) is 33.7 Å². The van der Waals surface area contributed by atoms with Gasteiger partial charge in [0.25, 0.3) is 5.56 Å². The van der Waals surface area contributed by atoms with Crippen molar-refractivity contribution in [2.45, 2.75) is 50.6 Å². The molecule has 0 aliphatic heterocycles. The molecule has 10 heteroatoms. The van der Waals surface area contributed by atoms with Gasteiger partial charge in [-0.2, -0.15) is 0 Å². The molecule has 3 aromatic heterocycles. The normalized spacial score (nSPS) is 11.4. The molecule has 156 valence electrons. The Balaban J connectivity index is 1.70. The van der Waals surface area contributed by atoms with Crippen molar-refractivity contribution >= 4 is 50.8 Å². The smallest absolute Gasteiger partial charge is 0.262 e.